The van der Waals surface area contributed by atoms with E-state index in [1.807, 2.05) is 31.2 Å². The Morgan fingerprint density at radius 1 is 1.44 bits per heavy atom. The van der Waals surface area contributed by atoms with Gasteiger partial charge in [-0.25, -0.2) is 4.79 Å². The Hall–Kier alpha value is -2.12. The number of carbonyl (C=O) groups excluding carboxylic acids is 1. The third kappa shape index (κ3) is 5.17. The number of hydrogen-bond acceptors (Lipinski definition) is 5. The minimum Gasteiger partial charge on any atom is -0.481 e. The molecule has 1 fully saturated rings. The van der Waals surface area contributed by atoms with Crippen LogP contribution in [0.3, 0.4) is 0 Å². The summed E-state index contributed by atoms with van der Waals surface area (Å²) in [4.78, 5) is 23.1. The Balaban J connectivity index is 2.33. The van der Waals surface area contributed by atoms with Gasteiger partial charge in [-0.2, -0.15) is 0 Å². The van der Waals surface area contributed by atoms with E-state index < -0.39 is 12.6 Å². The van der Waals surface area contributed by atoms with Gasteiger partial charge in [0.15, 0.2) is 6.61 Å². The van der Waals surface area contributed by atoms with Crippen LogP contribution < -0.4 is 10.1 Å². The Morgan fingerprint density at radius 3 is 2.72 bits per heavy atom. The van der Waals surface area contributed by atoms with Gasteiger partial charge < -0.3 is 15.2 Å². The van der Waals surface area contributed by atoms with Crippen molar-refractivity contribution in [3.05, 3.63) is 45.9 Å². The molecular weight excluding hydrogens is 358 g/mol. The number of rotatable bonds is 6. The molecule has 0 radical (unpaired) electrons. The molecule has 0 unspecified atom stereocenters. The number of aliphatic carboxylic acids is 1. The van der Waals surface area contributed by atoms with E-state index in [1.165, 1.54) is 11.8 Å². The molecule has 0 aliphatic carbocycles. The number of carboxylic acid groups (broad SMARTS) is 1. The molecule has 1 heterocycles. The van der Waals surface area contributed by atoms with Crippen molar-refractivity contribution in [1.82, 2.24) is 5.32 Å². The Morgan fingerprint density at radius 2 is 2.16 bits per heavy atom. The van der Waals surface area contributed by atoms with E-state index in [0.29, 0.717) is 20.9 Å². The van der Waals surface area contributed by atoms with Crippen molar-refractivity contribution in [1.29, 1.82) is 0 Å². The Bertz CT molecular complexity index is 781. The van der Waals surface area contributed by atoms with Crippen LogP contribution in [0.15, 0.2) is 34.8 Å². The number of allylic oxidation sites excluding steroid dienone is 2. The SMILES string of the molecule is CC(C=Cc1cc(C(C)C)ccc1OCC(=O)O)=C1SC(=S)NC1=O. The number of carboxylic acids is 1. The molecule has 0 aromatic heterocycles. The van der Waals surface area contributed by atoms with Crippen LogP contribution in [0.25, 0.3) is 6.08 Å². The van der Waals surface area contributed by atoms with Gasteiger partial charge in [-0.05, 0) is 36.1 Å². The minimum atomic E-state index is -1.03. The molecule has 1 saturated heterocycles. The maximum Gasteiger partial charge on any atom is 0.341 e. The molecule has 1 aliphatic heterocycles. The zero-order valence-electron chi connectivity index (χ0n) is 14.2. The molecule has 1 amide bonds. The zero-order chi connectivity index (χ0) is 18.6. The fourth-order valence-electron chi connectivity index (χ4n) is 2.19. The average molecular weight is 377 g/mol. The summed E-state index contributed by atoms with van der Waals surface area (Å²) in [6, 6.07) is 5.65. The van der Waals surface area contributed by atoms with Gasteiger partial charge in [-0.1, -0.05) is 56.0 Å². The minimum absolute atomic E-state index is 0.199. The van der Waals surface area contributed by atoms with Crippen LogP contribution in [0.1, 0.15) is 37.8 Å². The molecule has 0 bridgehead atoms. The van der Waals surface area contributed by atoms with Crippen molar-refractivity contribution < 1.29 is 19.4 Å². The third-order valence-electron chi connectivity index (χ3n) is 3.54. The third-order valence-corrected chi connectivity index (χ3v) is 4.89. The van der Waals surface area contributed by atoms with Crippen LogP contribution in [-0.4, -0.2) is 27.9 Å². The predicted molar refractivity (Wildman–Crippen MR) is 104 cm³/mol. The van der Waals surface area contributed by atoms with E-state index in [1.54, 1.807) is 6.07 Å². The van der Waals surface area contributed by atoms with Gasteiger partial charge in [0.05, 0.1) is 4.91 Å². The number of ether oxygens (including phenoxy) is 1. The highest BCUT2D eigenvalue weighted by molar-refractivity contribution is 8.26. The molecule has 0 spiro atoms. The van der Waals surface area contributed by atoms with Gasteiger partial charge in [0, 0.05) is 5.56 Å². The molecule has 1 aromatic rings. The van der Waals surface area contributed by atoms with Gasteiger partial charge in [0.2, 0.25) is 0 Å². The Kier molecular flexibility index (Phi) is 6.39. The Labute approximate surface area is 156 Å². The van der Waals surface area contributed by atoms with Crippen molar-refractivity contribution >= 4 is 46.3 Å². The summed E-state index contributed by atoms with van der Waals surface area (Å²) in [5.41, 5.74) is 2.65. The highest BCUT2D eigenvalue weighted by Gasteiger charge is 2.23. The van der Waals surface area contributed by atoms with Crippen molar-refractivity contribution in [3.8, 4) is 5.75 Å². The molecule has 2 rings (SSSR count). The second-order valence-corrected chi connectivity index (χ2v) is 7.51. The van der Waals surface area contributed by atoms with E-state index in [2.05, 4.69) is 19.2 Å². The van der Waals surface area contributed by atoms with Gasteiger partial charge >= 0.3 is 5.97 Å². The highest BCUT2D eigenvalue weighted by Crippen LogP contribution is 2.29. The van der Waals surface area contributed by atoms with Gasteiger partial charge in [-0.15, -0.1) is 0 Å². The lowest BCUT2D eigenvalue weighted by atomic mass is 9.99. The van der Waals surface area contributed by atoms with E-state index >= 15 is 0 Å². The largest absolute Gasteiger partial charge is 0.481 e. The first-order chi connectivity index (χ1) is 11.8. The molecule has 2 N–H and O–H groups in total. The van der Waals surface area contributed by atoms with Crippen molar-refractivity contribution in [2.45, 2.75) is 26.7 Å². The summed E-state index contributed by atoms with van der Waals surface area (Å²) < 4.78 is 5.80. The maximum atomic E-state index is 11.8. The molecule has 132 valence electrons. The number of benzene rings is 1. The summed E-state index contributed by atoms with van der Waals surface area (Å²) >= 11 is 6.23. The number of thiocarbonyl (C=S) groups is 1. The number of carbonyl (C=O) groups is 2. The fraction of sp³-hybridized carbons (Fsp3) is 0.278. The van der Waals surface area contributed by atoms with Crippen LogP contribution in [-0.2, 0) is 9.59 Å². The molecule has 25 heavy (non-hydrogen) atoms. The number of nitrogens with one attached hydrogen (secondary N) is 1. The van der Waals surface area contributed by atoms with E-state index in [-0.39, 0.29) is 5.91 Å². The van der Waals surface area contributed by atoms with Crippen LogP contribution in [0.4, 0.5) is 0 Å². The van der Waals surface area contributed by atoms with Gasteiger partial charge in [0.1, 0.15) is 10.1 Å². The second-order valence-electron chi connectivity index (χ2n) is 5.82. The molecule has 7 heteroatoms. The van der Waals surface area contributed by atoms with Crippen molar-refractivity contribution in [2.24, 2.45) is 0 Å². The summed E-state index contributed by atoms with van der Waals surface area (Å²) in [6.07, 6.45) is 3.63. The quantitative estimate of drug-likeness (QED) is 0.581. The van der Waals surface area contributed by atoms with Crippen LogP contribution in [0.5, 0.6) is 5.75 Å². The lowest BCUT2D eigenvalue weighted by molar-refractivity contribution is -0.139. The monoisotopic (exact) mass is 377 g/mol. The zero-order valence-corrected chi connectivity index (χ0v) is 15.8. The van der Waals surface area contributed by atoms with Crippen LogP contribution in [0.2, 0.25) is 0 Å². The molecule has 5 nitrogen and oxygen atoms in total. The summed E-state index contributed by atoms with van der Waals surface area (Å²) in [7, 11) is 0. The normalized spacial score (nSPS) is 16.5. The molecule has 0 saturated carbocycles. The first-order valence-corrected chi connectivity index (χ1v) is 8.91. The predicted octanol–water partition coefficient (Wildman–Crippen LogP) is 3.71. The van der Waals surface area contributed by atoms with Crippen LogP contribution >= 0.6 is 24.0 Å². The number of amides is 1. The summed E-state index contributed by atoms with van der Waals surface area (Å²) in [5, 5.41) is 11.4. The lowest BCUT2D eigenvalue weighted by Gasteiger charge is -2.12. The van der Waals surface area contributed by atoms with Gasteiger partial charge in [-0.3, -0.25) is 4.79 Å². The van der Waals surface area contributed by atoms with E-state index in [4.69, 9.17) is 22.1 Å². The fourth-order valence-corrected chi connectivity index (χ4v) is 3.24. The van der Waals surface area contributed by atoms with E-state index in [0.717, 1.165) is 16.7 Å². The van der Waals surface area contributed by atoms with Crippen molar-refractivity contribution in [3.63, 3.8) is 0 Å². The summed E-state index contributed by atoms with van der Waals surface area (Å²) in [5.74, 6) is -0.419. The van der Waals surface area contributed by atoms with E-state index in [9.17, 15) is 9.59 Å². The average Bonchev–Trinajstić information content (AvgIpc) is 2.89. The molecule has 1 aliphatic rings. The smallest absolute Gasteiger partial charge is 0.341 e. The maximum absolute atomic E-state index is 11.8. The first-order valence-electron chi connectivity index (χ1n) is 7.68. The number of hydrogen-bond donors (Lipinski definition) is 2. The molecular formula is C18H19NO4S2. The second kappa shape index (κ2) is 8.31. The topological polar surface area (TPSA) is 75.6 Å². The highest BCUT2D eigenvalue weighted by atomic mass is 32.2. The lowest BCUT2D eigenvalue weighted by Crippen LogP contribution is -2.18. The number of thioether (sulfide) groups is 1. The van der Waals surface area contributed by atoms with Crippen molar-refractivity contribution in [2.75, 3.05) is 6.61 Å². The molecule has 1 aromatic carbocycles. The van der Waals surface area contributed by atoms with Gasteiger partial charge in [0.25, 0.3) is 5.91 Å². The standard InChI is InChI=1S/C18H19NO4S2/c1-10(2)12-6-7-14(23-9-15(20)21)13(8-12)5-4-11(3)16-17(22)19-18(24)25-16/h4-8,10H,9H2,1-3H3,(H,20,21)(H,19,22,24). The first kappa shape index (κ1) is 19.2. The molecule has 0 atom stereocenters. The summed E-state index contributed by atoms with van der Waals surface area (Å²) in [6.45, 7) is 5.58. The van der Waals surface area contributed by atoms with Crippen LogP contribution in [0, 0.1) is 0 Å².